The minimum atomic E-state index is -0.0392. The summed E-state index contributed by atoms with van der Waals surface area (Å²) in [6.07, 6.45) is 7.28. The summed E-state index contributed by atoms with van der Waals surface area (Å²) in [4.78, 5) is 4.42. The summed E-state index contributed by atoms with van der Waals surface area (Å²) in [5.41, 5.74) is -0.0392. The highest BCUT2D eigenvalue weighted by molar-refractivity contribution is 5.02. The second kappa shape index (κ2) is 6.01. The molecular formula is C14H26N4O. The Kier molecular flexibility index (Phi) is 4.58. The lowest BCUT2D eigenvalue weighted by atomic mass is 9.89. The largest absolute Gasteiger partial charge is 0.377 e. The molecule has 0 aromatic carbocycles. The van der Waals surface area contributed by atoms with E-state index >= 15 is 0 Å². The average molecular weight is 266 g/mol. The van der Waals surface area contributed by atoms with Gasteiger partial charge in [-0.25, -0.2) is 9.67 Å². The number of methoxy groups -OCH3 is 1. The van der Waals surface area contributed by atoms with Gasteiger partial charge in [-0.15, -0.1) is 0 Å². The summed E-state index contributed by atoms with van der Waals surface area (Å²) in [7, 11) is 3.85. The fourth-order valence-electron chi connectivity index (χ4n) is 3.25. The lowest BCUT2D eigenvalue weighted by Gasteiger charge is -2.36. The van der Waals surface area contributed by atoms with Crippen LogP contribution in [0.15, 0.2) is 6.33 Å². The first-order valence-corrected chi connectivity index (χ1v) is 7.24. The number of nitrogens with one attached hydrogen (secondary N) is 1. The van der Waals surface area contributed by atoms with Crippen molar-refractivity contribution >= 4 is 0 Å². The Morgan fingerprint density at radius 3 is 2.63 bits per heavy atom. The Morgan fingerprint density at radius 2 is 2.11 bits per heavy atom. The Labute approximate surface area is 115 Å². The van der Waals surface area contributed by atoms with E-state index in [9.17, 15) is 0 Å². The molecule has 2 rings (SSSR count). The topological polar surface area (TPSA) is 52.0 Å². The summed E-state index contributed by atoms with van der Waals surface area (Å²) in [5, 5.41) is 7.75. The second-order valence-corrected chi connectivity index (χ2v) is 5.74. The van der Waals surface area contributed by atoms with E-state index in [4.69, 9.17) is 4.74 Å². The second-order valence-electron chi connectivity index (χ2n) is 5.74. The number of ether oxygens (including phenoxy) is 1. The Bertz CT molecular complexity index is 396. The third-order valence-corrected chi connectivity index (χ3v) is 4.36. The standard InChI is InChI=1S/C14H26N4O/c1-11(2)18-13(16-10-17-18)9-12(15-3)14(19-4)7-5-6-8-14/h10-12,15H,5-9H2,1-4H3. The van der Waals surface area contributed by atoms with E-state index in [0.717, 1.165) is 25.1 Å². The molecule has 1 aliphatic rings. The minimum Gasteiger partial charge on any atom is -0.377 e. The van der Waals surface area contributed by atoms with Crippen molar-refractivity contribution in [3.63, 3.8) is 0 Å². The van der Waals surface area contributed by atoms with Crippen LogP contribution in [-0.4, -0.2) is 40.6 Å². The Hall–Kier alpha value is -0.940. The molecule has 1 unspecified atom stereocenters. The zero-order chi connectivity index (χ0) is 13.9. The fourth-order valence-corrected chi connectivity index (χ4v) is 3.25. The first-order valence-electron chi connectivity index (χ1n) is 7.24. The molecule has 0 bridgehead atoms. The van der Waals surface area contributed by atoms with Gasteiger partial charge < -0.3 is 10.1 Å². The molecular weight excluding hydrogens is 240 g/mol. The highest BCUT2D eigenvalue weighted by Crippen LogP contribution is 2.36. The van der Waals surface area contributed by atoms with Crippen molar-refractivity contribution in [3.05, 3.63) is 12.2 Å². The van der Waals surface area contributed by atoms with Crippen molar-refractivity contribution in [1.82, 2.24) is 20.1 Å². The van der Waals surface area contributed by atoms with Crippen molar-refractivity contribution in [2.45, 2.75) is 63.6 Å². The molecule has 19 heavy (non-hydrogen) atoms. The van der Waals surface area contributed by atoms with Gasteiger partial charge in [-0.05, 0) is 33.7 Å². The third kappa shape index (κ3) is 2.82. The van der Waals surface area contributed by atoms with Crippen molar-refractivity contribution in [3.8, 4) is 0 Å². The van der Waals surface area contributed by atoms with E-state index < -0.39 is 0 Å². The molecule has 0 aliphatic heterocycles. The van der Waals surface area contributed by atoms with E-state index in [1.54, 1.807) is 6.33 Å². The van der Waals surface area contributed by atoms with Gasteiger partial charge in [0.2, 0.25) is 0 Å². The zero-order valence-corrected chi connectivity index (χ0v) is 12.5. The molecule has 5 heteroatoms. The number of rotatable bonds is 6. The number of hydrogen-bond donors (Lipinski definition) is 1. The van der Waals surface area contributed by atoms with Crippen LogP contribution in [0.25, 0.3) is 0 Å². The van der Waals surface area contributed by atoms with Crippen molar-refractivity contribution in [2.24, 2.45) is 0 Å². The summed E-state index contributed by atoms with van der Waals surface area (Å²) in [5.74, 6) is 1.04. The molecule has 0 saturated heterocycles. The van der Waals surface area contributed by atoms with Crippen molar-refractivity contribution in [1.29, 1.82) is 0 Å². The Morgan fingerprint density at radius 1 is 1.42 bits per heavy atom. The zero-order valence-electron chi connectivity index (χ0n) is 12.5. The molecule has 1 fully saturated rings. The van der Waals surface area contributed by atoms with Gasteiger partial charge in [0.15, 0.2) is 0 Å². The third-order valence-electron chi connectivity index (χ3n) is 4.36. The molecule has 5 nitrogen and oxygen atoms in total. The first kappa shape index (κ1) is 14.5. The normalized spacial score (nSPS) is 20.1. The number of aromatic nitrogens is 3. The fraction of sp³-hybridized carbons (Fsp3) is 0.857. The highest BCUT2D eigenvalue weighted by atomic mass is 16.5. The van der Waals surface area contributed by atoms with Crippen molar-refractivity contribution < 1.29 is 4.74 Å². The van der Waals surface area contributed by atoms with Gasteiger partial charge >= 0.3 is 0 Å². The highest BCUT2D eigenvalue weighted by Gasteiger charge is 2.41. The SMILES string of the molecule is CNC(Cc1ncnn1C(C)C)C1(OC)CCCC1. The van der Waals surface area contributed by atoms with E-state index in [-0.39, 0.29) is 5.60 Å². The van der Waals surface area contributed by atoms with Crippen LogP contribution >= 0.6 is 0 Å². The van der Waals surface area contributed by atoms with E-state index in [0.29, 0.717) is 12.1 Å². The minimum absolute atomic E-state index is 0.0392. The molecule has 1 aromatic rings. The Balaban J connectivity index is 2.16. The monoisotopic (exact) mass is 266 g/mol. The quantitative estimate of drug-likeness (QED) is 0.855. The van der Waals surface area contributed by atoms with Gasteiger partial charge in [0.25, 0.3) is 0 Å². The molecule has 1 N–H and O–H groups in total. The molecule has 1 atom stereocenters. The molecule has 1 heterocycles. The van der Waals surface area contributed by atoms with Gasteiger partial charge in [-0.1, -0.05) is 12.8 Å². The molecule has 1 saturated carbocycles. The lowest BCUT2D eigenvalue weighted by Crippen LogP contribution is -2.50. The lowest BCUT2D eigenvalue weighted by molar-refractivity contribution is -0.0343. The van der Waals surface area contributed by atoms with Crippen LogP contribution in [0, 0.1) is 0 Å². The summed E-state index contributed by atoms with van der Waals surface area (Å²) in [6.45, 7) is 4.27. The molecule has 1 aliphatic carbocycles. The van der Waals surface area contributed by atoms with E-state index in [1.807, 2.05) is 18.8 Å². The number of hydrogen-bond acceptors (Lipinski definition) is 4. The van der Waals surface area contributed by atoms with E-state index in [2.05, 4.69) is 29.2 Å². The summed E-state index contributed by atoms with van der Waals surface area (Å²) >= 11 is 0. The van der Waals surface area contributed by atoms with Crippen LogP contribution in [-0.2, 0) is 11.2 Å². The molecule has 1 aromatic heterocycles. The predicted octanol–water partition coefficient (Wildman–Crippen LogP) is 1.95. The van der Waals surface area contributed by atoms with Crippen LogP contribution in [0.3, 0.4) is 0 Å². The maximum absolute atomic E-state index is 5.88. The number of nitrogens with zero attached hydrogens (tertiary/aromatic N) is 3. The van der Waals surface area contributed by atoms with Gasteiger partial charge in [0.05, 0.1) is 5.60 Å². The van der Waals surface area contributed by atoms with Crippen LogP contribution in [0.2, 0.25) is 0 Å². The van der Waals surface area contributed by atoms with Gasteiger partial charge in [0, 0.05) is 25.6 Å². The summed E-state index contributed by atoms with van der Waals surface area (Å²) < 4.78 is 7.88. The van der Waals surface area contributed by atoms with Crippen LogP contribution < -0.4 is 5.32 Å². The first-order chi connectivity index (χ1) is 9.13. The predicted molar refractivity (Wildman–Crippen MR) is 75.2 cm³/mol. The van der Waals surface area contributed by atoms with Crippen LogP contribution in [0.5, 0.6) is 0 Å². The van der Waals surface area contributed by atoms with Crippen molar-refractivity contribution in [2.75, 3.05) is 14.2 Å². The average Bonchev–Trinajstić information content (AvgIpc) is 3.05. The van der Waals surface area contributed by atoms with Gasteiger partial charge in [-0.3, -0.25) is 0 Å². The molecule has 108 valence electrons. The van der Waals surface area contributed by atoms with Crippen LogP contribution in [0.1, 0.15) is 51.4 Å². The van der Waals surface area contributed by atoms with E-state index in [1.165, 1.54) is 12.8 Å². The molecule has 0 amide bonds. The molecule has 0 radical (unpaired) electrons. The van der Waals surface area contributed by atoms with Gasteiger partial charge in [-0.2, -0.15) is 5.10 Å². The maximum atomic E-state index is 5.88. The number of likely N-dealkylation sites (N-methyl/N-ethyl adjacent to an activating group) is 1. The van der Waals surface area contributed by atoms with Crippen LogP contribution in [0.4, 0.5) is 0 Å². The molecule has 0 spiro atoms. The smallest absolute Gasteiger partial charge is 0.138 e. The summed E-state index contributed by atoms with van der Waals surface area (Å²) in [6, 6.07) is 0.638. The maximum Gasteiger partial charge on any atom is 0.138 e. The van der Waals surface area contributed by atoms with Gasteiger partial charge in [0.1, 0.15) is 12.2 Å².